The molecule has 0 spiro atoms. The van der Waals surface area contributed by atoms with Gasteiger partial charge in [0.2, 0.25) is 0 Å². The highest BCUT2D eigenvalue weighted by Gasteiger charge is 2.31. The molecule has 0 radical (unpaired) electrons. The van der Waals surface area contributed by atoms with Crippen LogP contribution in [0, 0.1) is 5.92 Å². The highest BCUT2D eigenvalue weighted by atomic mass is 16.3. The summed E-state index contributed by atoms with van der Waals surface area (Å²) in [5.74, 6) is 0.842. The fourth-order valence-electron chi connectivity index (χ4n) is 2.21. The second-order valence-corrected chi connectivity index (χ2v) is 4.50. The monoisotopic (exact) mass is 197 g/mol. The van der Waals surface area contributed by atoms with E-state index in [1.165, 1.54) is 19.3 Å². The first kappa shape index (κ1) is 11.7. The number of hydrogen-bond donors (Lipinski definition) is 2. The molecule has 0 amide bonds. The van der Waals surface area contributed by atoms with Crippen molar-refractivity contribution in [3.63, 3.8) is 0 Å². The SMILES string of the molecule is C=CCNCC1(O)CCC(CC)CC1. The Morgan fingerprint density at radius 3 is 2.64 bits per heavy atom. The average molecular weight is 197 g/mol. The van der Waals surface area contributed by atoms with Gasteiger partial charge in [-0.25, -0.2) is 0 Å². The Balaban J connectivity index is 2.26. The van der Waals surface area contributed by atoms with Crippen LogP contribution in [0.5, 0.6) is 0 Å². The maximum Gasteiger partial charge on any atom is 0.0771 e. The summed E-state index contributed by atoms with van der Waals surface area (Å²) in [6.45, 7) is 7.40. The number of nitrogens with one attached hydrogen (secondary N) is 1. The minimum absolute atomic E-state index is 0.450. The third-order valence-corrected chi connectivity index (χ3v) is 3.36. The van der Waals surface area contributed by atoms with Crippen molar-refractivity contribution < 1.29 is 5.11 Å². The fraction of sp³-hybridized carbons (Fsp3) is 0.833. The van der Waals surface area contributed by atoms with E-state index in [2.05, 4.69) is 18.8 Å². The van der Waals surface area contributed by atoms with Gasteiger partial charge in [0.1, 0.15) is 0 Å². The van der Waals surface area contributed by atoms with Gasteiger partial charge in [-0.05, 0) is 31.6 Å². The van der Waals surface area contributed by atoms with Gasteiger partial charge in [0.25, 0.3) is 0 Å². The van der Waals surface area contributed by atoms with Crippen molar-refractivity contribution in [2.45, 2.75) is 44.6 Å². The summed E-state index contributed by atoms with van der Waals surface area (Å²) in [5.41, 5.74) is -0.450. The fourth-order valence-corrected chi connectivity index (χ4v) is 2.21. The molecule has 0 aromatic heterocycles. The van der Waals surface area contributed by atoms with Crippen LogP contribution in [0.25, 0.3) is 0 Å². The van der Waals surface area contributed by atoms with Gasteiger partial charge in [-0.1, -0.05) is 19.4 Å². The van der Waals surface area contributed by atoms with Crippen LogP contribution in [0.2, 0.25) is 0 Å². The summed E-state index contributed by atoms with van der Waals surface area (Å²) in [6, 6.07) is 0. The first-order valence-electron chi connectivity index (χ1n) is 5.74. The third-order valence-electron chi connectivity index (χ3n) is 3.36. The lowest BCUT2D eigenvalue weighted by Crippen LogP contribution is -2.43. The predicted molar refractivity (Wildman–Crippen MR) is 60.3 cm³/mol. The van der Waals surface area contributed by atoms with Crippen LogP contribution >= 0.6 is 0 Å². The van der Waals surface area contributed by atoms with Crippen molar-refractivity contribution >= 4 is 0 Å². The van der Waals surface area contributed by atoms with Crippen molar-refractivity contribution in [2.24, 2.45) is 5.92 Å². The highest BCUT2D eigenvalue weighted by molar-refractivity contribution is 4.87. The van der Waals surface area contributed by atoms with Crippen molar-refractivity contribution in [1.29, 1.82) is 0 Å². The molecule has 1 saturated carbocycles. The molecule has 1 fully saturated rings. The Morgan fingerprint density at radius 2 is 2.14 bits per heavy atom. The average Bonchev–Trinajstić information content (AvgIpc) is 2.19. The van der Waals surface area contributed by atoms with Gasteiger partial charge in [0.05, 0.1) is 5.60 Å². The minimum atomic E-state index is -0.450. The van der Waals surface area contributed by atoms with E-state index < -0.39 is 5.60 Å². The molecule has 0 heterocycles. The number of rotatable bonds is 5. The molecular formula is C12H23NO. The molecule has 14 heavy (non-hydrogen) atoms. The molecule has 0 aromatic rings. The minimum Gasteiger partial charge on any atom is -0.389 e. The first-order valence-corrected chi connectivity index (χ1v) is 5.74. The van der Waals surface area contributed by atoms with Gasteiger partial charge in [-0.3, -0.25) is 0 Å². The Hall–Kier alpha value is -0.340. The van der Waals surface area contributed by atoms with Crippen molar-refractivity contribution in [2.75, 3.05) is 13.1 Å². The number of aliphatic hydroxyl groups is 1. The van der Waals surface area contributed by atoms with Crippen LogP contribution < -0.4 is 5.32 Å². The quantitative estimate of drug-likeness (QED) is 0.522. The molecule has 0 atom stereocenters. The molecule has 2 N–H and O–H groups in total. The maximum absolute atomic E-state index is 10.2. The van der Waals surface area contributed by atoms with E-state index in [-0.39, 0.29) is 0 Å². The smallest absolute Gasteiger partial charge is 0.0771 e. The highest BCUT2D eigenvalue weighted by Crippen LogP contribution is 2.33. The van der Waals surface area contributed by atoms with E-state index in [1.54, 1.807) is 0 Å². The zero-order valence-electron chi connectivity index (χ0n) is 9.26. The van der Waals surface area contributed by atoms with Crippen LogP contribution in [-0.2, 0) is 0 Å². The molecule has 1 aliphatic rings. The lowest BCUT2D eigenvalue weighted by Gasteiger charge is -2.35. The summed E-state index contributed by atoms with van der Waals surface area (Å²) >= 11 is 0. The van der Waals surface area contributed by atoms with Crippen molar-refractivity contribution in [1.82, 2.24) is 5.32 Å². The van der Waals surface area contributed by atoms with Crippen molar-refractivity contribution in [3.05, 3.63) is 12.7 Å². The Bertz CT molecular complexity index is 171. The van der Waals surface area contributed by atoms with E-state index in [9.17, 15) is 5.11 Å². The van der Waals surface area contributed by atoms with Gasteiger partial charge in [0.15, 0.2) is 0 Å². The molecule has 0 aliphatic heterocycles. The normalized spacial score (nSPS) is 32.9. The first-order chi connectivity index (χ1) is 6.70. The molecule has 0 bridgehead atoms. The molecule has 2 heteroatoms. The summed E-state index contributed by atoms with van der Waals surface area (Å²) in [6.07, 6.45) is 7.37. The van der Waals surface area contributed by atoms with Gasteiger partial charge in [-0.15, -0.1) is 6.58 Å². The molecule has 1 rings (SSSR count). The van der Waals surface area contributed by atoms with Crippen LogP contribution in [0.1, 0.15) is 39.0 Å². The second kappa shape index (κ2) is 5.52. The van der Waals surface area contributed by atoms with Crippen LogP contribution in [0.3, 0.4) is 0 Å². The van der Waals surface area contributed by atoms with E-state index in [0.29, 0.717) is 0 Å². The Labute approximate surface area is 87.4 Å². The lowest BCUT2D eigenvalue weighted by atomic mass is 9.78. The summed E-state index contributed by atoms with van der Waals surface area (Å²) in [4.78, 5) is 0. The summed E-state index contributed by atoms with van der Waals surface area (Å²) in [7, 11) is 0. The Morgan fingerprint density at radius 1 is 1.50 bits per heavy atom. The molecule has 1 aliphatic carbocycles. The van der Waals surface area contributed by atoms with Crippen LogP contribution in [0.4, 0.5) is 0 Å². The van der Waals surface area contributed by atoms with Gasteiger partial charge in [0, 0.05) is 13.1 Å². The van der Waals surface area contributed by atoms with E-state index in [1.807, 2.05) is 6.08 Å². The van der Waals surface area contributed by atoms with E-state index >= 15 is 0 Å². The molecule has 2 nitrogen and oxygen atoms in total. The second-order valence-electron chi connectivity index (χ2n) is 4.50. The molecule has 82 valence electrons. The molecular weight excluding hydrogens is 174 g/mol. The molecule has 0 unspecified atom stereocenters. The predicted octanol–water partition coefficient (Wildman–Crippen LogP) is 2.09. The van der Waals surface area contributed by atoms with Crippen LogP contribution in [-0.4, -0.2) is 23.8 Å². The lowest BCUT2D eigenvalue weighted by molar-refractivity contribution is -0.00782. The Kier molecular flexibility index (Phi) is 4.63. The van der Waals surface area contributed by atoms with E-state index in [0.717, 1.165) is 31.8 Å². The molecule has 0 aromatic carbocycles. The standard InChI is InChI=1S/C12H23NO/c1-3-9-13-10-12(14)7-5-11(4-2)6-8-12/h3,11,13-14H,1,4-10H2,2H3. The van der Waals surface area contributed by atoms with Crippen molar-refractivity contribution in [3.8, 4) is 0 Å². The zero-order valence-corrected chi connectivity index (χ0v) is 9.26. The summed E-state index contributed by atoms with van der Waals surface area (Å²) < 4.78 is 0. The van der Waals surface area contributed by atoms with Crippen LogP contribution in [0.15, 0.2) is 12.7 Å². The zero-order chi connectivity index (χ0) is 10.4. The molecule has 0 saturated heterocycles. The largest absolute Gasteiger partial charge is 0.389 e. The van der Waals surface area contributed by atoms with Gasteiger partial charge in [-0.2, -0.15) is 0 Å². The maximum atomic E-state index is 10.2. The number of hydrogen-bond acceptors (Lipinski definition) is 2. The van der Waals surface area contributed by atoms with E-state index in [4.69, 9.17) is 0 Å². The van der Waals surface area contributed by atoms with Gasteiger partial charge < -0.3 is 10.4 Å². The summed E-state index contributed by atoms with van der Waals surface area (Å²) in [5, 5.41) is 13.4. The van der Waals surface area contributed by atoms with Gasteiger partial charge >= 0.3 is 0 Å². The topological polar surface area (TPSA) is 32.3 Å². The third kappa shape index (κ3) is 3.43.